The largest absolute Gasteiger partial charge is 0.325 e. The Morgan fingerprint density at radius 2 is 2.33 bits per heavy atom. The lowest BCUT2D eigenvalue weighted by molar-refractivity contribution is 0.102. The van der Waals surface area contributed by atoms with Crippen molar-refractivity contribution in [1.82, 2.24) is 4.98 Å². The number of aromatic nitrogens is 1. The van der Waals surface area contributed by atoms with Crippen molar-refractivity contribution in [3.63, 3.8) is 0 Å². The van der Waals surface area contributed by atoms with Crippen molar-refractivity contribution in [3.05, 3.63) is 45.7 Å². The number of nitrogens with two attached hydrogens (primary N) is 1. The first-order chi connectivity index (χ1) is 8.60. The van der Waals surface area contributed by atoms with Crippen LogP contribution in [-0.4, -0.2) is 10.9 Å². The summed E-state index contributed by atoms with van der Waals surface area (Å²) in [6.45, 7) is 2.07. The highest BCUT2D eigenvalue weighted by atomic mass is 32.1. The van der Waals surface area contributed by atoms with Crippen molar-refractivity contribution in [2.45, 2.75) is 13.5 Å². The number of hydrogen-bond acceptors (Lipinski definition) is 4. The second-order valence-corrected chi connectivity index (χ2v) is 4.71. The number of nitrogens with zero attached hydrogens (tertiary/aromatic N) is 1. The maximum atomic E-state index is 13.5. The highest BCUT2D eigenvalue weighted by Crippen LogP contribution is 2.17. The molecule has 18 heavy (non-hydrogen) atoms. The standard InChI is InChI=1S/C12H12FN3OS/c1-7-2-3-9(8(13)4-7)16-12(17)10-6-18-11(5-14)15-10/h2-4,6H,5,14H2,1H3,(H,16,17). The van der Waals surface area contributed by atoms with Crippen molar-refractivity contribution in [1.29, 1.82) is 0 Å². The summed E-state index contributed by atoms with van der Waals surface area (Å²) in [6, 6.07) is 4.62. The van der Waals surface area contributed by atoms with Crippen LogP contribution in [0.3, 0.4) is 0 Å². The molecule has 1 aromatic carbocycles. The molecule has 2 rings (SSSR count). The maximum Gasteiger partial charge on any atom is 0.275 e. The van der Waals surface area contributed by atoms with Gasteiger partial charge in [0.25, 0.3) is 5.91 Å². The zero-order valence-electron chi connectivity index (χ0n) is 9.74. The van der Waals surface area contributed by atoms with Crippen LogP contribution in [0.2, 0.25) is 0 Å². The van der Waals surface area contributed by atoms with E-state index >= 15 is 0 Å². The van der Waals surface area contributed by atoms with E-state index in [0.29, 0.717) is 5.01 Å². The summed E-state index contributed by atoms with van der Waals surface area (Å²) in [5.74, 6) is -0.897. The molecule has 0 saturated heterocycles. The van der Waals surface area contributed by atoms with Crippen LogP contribution in [0.15, 0.2) is 23.6 Å². The van der Waals surface area contributed by atoms with Crippen LogP contribution in [0, 0.1) is 12.7 Å². The van der Waals surface area contributed by atoms with Gasteiger partial charge in [-0.05, 0) is 24.6 Å². The Labute approximate surface area is 108 Å². The predicted molar refractivity (Wildman–Crippen MR) is 69.1 cm³/mol. The average Bonchev–Trinajstić information content (AvgIpc) is 2.81. The number of aryl methyl sites for hydroxylation is 1. The van der Waals surface area contributed by atoms with Crippen LogP contribution in [0.5, 0.6) is 0 Å². The van der Waals surface area contributed by atoms with Crippen LogP contribution in [0.4, 0.5) is 10.1 Å². The van der Waals surface area contributed by atoms with Crippen LogP contribution in [0.1, 0.15) is 21.1 Å². The Hall–Kier alpha value is -1.79. The van der Waals surface area contributed by atoms with Crippen LogP contribution in [0.25, 0.3) is 0 Å². The molecule has 94 valence electrons. The number of carbonyl (C=O) groups excluding carboxylic acids is 1. The van der Waals surface area contributed by atoms with E-state index in [0.717, 1.165) is 5.56 Å². The SMILES string of the molecule is Cc1ccc(NC(=O)c2csc(CN)n2)c(F)c1. The highest BCUT2D eigenvalue weighted by Gasteiger charge is 2.12. The lowest BCUT2D eigenvalue weighted by Crippen LogP contribution is -2.13. The summed E-state index contributed by atoms with van der Waals surface area (Å²) >= 11 is 1.30. The topological polar surface area (TPSA) is 68.0 Å². The Balaban J connectivity index is 2.16. The van der Waals surface area contributed by atoms with Crippen LogP contribution < -0.4 is 11.1 Å². The Morgan fingerprint density at radius 3 is 2.94 bits per heavy atom. The number of carbonyl (C=O) groups is 1. The molecule has 1 amide bonds. The quantitative estimate of drug-likeness (QED) is 0.894. The average molecular weight is 265 g/mol. The third kappa shape index (κ3) is 2.72. The Morgan fingerprint density at radius 1 is 1.56 bits per heavy atom. The first-order valence-electron chi connectivity index (χ1n) is 5.32. The zero-order chi connectivity index (χ0) is 13.1. The van der Waals surface area contributed by atoms with Gasteiger partial charge in [0.05, 0.1) is 5.69 Å². The minimum absolute atomic E-state index is 0.146. The summed E-state index contributed by atoms with van der Waals surface area (Å²) < 4.78 is 13.5. The van der Waals surface area contributed by atoms with E-state index in [9.17, 15) is 9.18 Å². The Kier molecular flexibility index (Phi) is 3.69. The lowest BCUT2D eigenvalue weighted by atomic mass is 10.2. The van der Waals surface area contributed by atoms with Gasteiger partial charge in [0.15, 0.2) is 0 Å². The van der Waals surface area contributed by atoms with E-state index in [2.05, 4.69) is 10.3 Å². The first kappa shape index (κ1) is 12.7. The number of benzene rings is 1. The normalized spacial score (nSPS) is 10.4. The van der Waals surface area contributed by atoms with Crippen molar-refractivity contribution in [3.8, 4) is 0 Å². The van der Waals surface area contributed by atoms with E-state index in [1.807, 2.05) is 0 Å². The van der Waals surface area contributed by atoms with E-state index in [1.165, 1.54) is 23.5 Å². The molecule has 0 aliphatic rings. The summed E-state index contributed by atoms with van der Waals surface area (Å²) in [7, 11) is 0. The number of amides is 1. The molecule has 6 heteroatoms. The third-order valence-electron chi connectivity index (χ3n) is 2.33. The van der Waals surface area contributed by atoms with Crippen molar-refractivity contribution >= 4 is 22.9 Å². The van der Waals surface area contributed by atoms with Gasteiger partial charge in [0.2, 0.25) is 0 Å². The van der Waals surface area contributed by atoms with Gasteiger partial charge >= 0.3 is 0 Å². The van der Waals surface area contributed by atoms with Crippen LogP contribution >= 0.6 is 11.3 Å². The number of anilines is 1. The number of thiazole rings is 1. The predicted octanol–water partition coefficient (Wildman–Crippen LogP) is 2.30. The van der Waals surface area contributed by atoms with Gasteiger partial charge in [0.1, 0.15) is 16.5 Å². The molecular weight excluding hydrogens is 253 g/mol. The van der Waals surface area contributed by atoms with E-state index < -0.39 is 11.7 Å². The zero-order valence-corrected chi connectivity index (χ0v) is 10.6. The van der Waals surface area contributed by atoms with Gasteiger partial charge in [0, 0.05) is 11.9 Å². The second-order valence-electron chi connectivity index (χ2n) is 3.77. The Bertz CT molecular complexity index is 582. The minimum atomic E-state index is -0.461. The van der Waals surface area contributed by atoms with E-state index in [-0.39, 0.29) is 17.9 Å². The first-order valence-corrected chi connectivity index (χ1v) is 6.20. The molecule has 0 aliphatic heterocycles. The summed E-state index contributed by atoms with van der Waals surface area (Å²) in [5.41, 5.74) is 6.61. The summed E-state index contributed by atoms with van der Waals surface area (Å²) in [6.07, 6.45) is 0. The lowest BCUT2D eigenvalue weighted by Gasteiger charge is -2.05. The van der Waals surface area contributed by atoms with E-state index in [1.54, 1.807) is 18.4 Å². The van der Waals surface area contributed by atoms with Gasteiger partial charge in [-0.2, -0.15) is 0 Å². The molecule has 4 nitrogen and oxygen atoms in total. The molecule has 2 aromatic rings. The fourth-order valence-corrected chi connectivity index (χ4v) is 2.07. The molecule has 0 radical (unpaired) electrons. The van der Waals surface area contributed by atoms with Crippen molar-refractivity contribution < 1.29 is 9.18 Å². The molecule has 0 spiro atoms. The second kappa shape index (κ2) is 5.24. The fraction of sp³-hybridized carbons (Fsp3) is 0.167. The number of hydrogen-bond donors (Lipinski definition) is 2. The highest BCUT2D eigenvalue weighted by molar-refractivity contribution is 7.09. The number of nitrogens with one attached hydrogen (secondary N) is 1. The summed E-state index contributed by atoms with van der Waals surface area (Å²) in [5, 5.41) is 4.75. The molecule has 0 atom stereocenters. The fourth-order valence-electron chi connectivity index (χ4n) is 1.42. The molecule has 0 fully saturated rings. The van der Waals surface area contributed by atoms with Crippen molar-refractivity contribution in [2.24, 2.45) is 5.73 Å². The smallest absolute Gasteiger partial charge is 0.275 e. The molecular formula is C12H12FN3OS. The van der Waals surface area contributed by atoms with Gasteiger partial charge in [-0.15, -0.1) is 11.3 Å². The molecule has 1 aromatic heterocycles. The third-order valence-corrected chi connectivity index (χ3v) is 3.20. The number of rotatable bonds is 3. The molecule has 3 N–H and O–H groups in total. The van der Waals surface area contributed by atoms with E-state index in [4.69, 9.17) is 5.73 Å². The molecule has 0 aliphatic carbocycles. The molecule has 0 unspecified atom stereocenters. The maximum absolute atomic E-state index is 13.5. The van der Waals surface area contributed by atoms with Gasteiger partial charge in [-0.25, -0.2) is 9.37 Å². The molecule has 0 saturated carbocycles. The number of halogens is 1. The van der Waals surface area contributed by atoms with Crippen LogP contribution in [-0.2, 0) is 6.54 Å². The van der Waals surface area contributed by atoms with Crippen molar-refractivity contribution in [2.75, 3.05) is 5.32 Å². The summed E-state index contributed by atoms with van der Waals surface area (Å²) in [4.78, 5) is 15.8. The minimum Gasteiger partial charge on any atom is -0.325 e. The van der Waals surface area contributed by atoms with Gasteiger partial charge in [-0.1, -0.05) is 6.07 Å². The molecule has 0 bridgehead atoms. The molecule has 1 heterocycles. The monoisotopic (exact) mass is 265 g/mol. The van der Waals surface area contributed by atoms with Gasteiger partial charge < -0.3 is 11.1 Å². The van der Waals surface area contributed by atoms with Gasteiger partial charge in [-0.3, -0.25) is 4.79 Å².